The quantitative estimate of drug-likeness (QED) is 0.881. The molecule has 0 amide bonds. The predicted molar refractivity (Wildman–Crippen MR) is 83.6 cm³/mol. The van der Waals surface area contributed by atoms with E-state index < -0.39 is 12.0 Å². The summed E-state index contributed by atoms with van der Waals surface area (Å²) in [5.41, 5.74) is 1.96. The van der Waals surface area contributed by atoms with E-state index in [1.165, 1.54) is 19.3 Å². The SMILES string of the molecule is CC(C)(CN1Cc2[nH]cnc2C[C@H]1C(=O)O)N1CCCCC1. The van der Waals surface area contributed by atoms with Crippen LogP contribution in [0.5, 0.6) is 0 Å². The molecule has 122 valence electrons. The molecule has 6 heteroatoms. The van der Waals surface area contributed by atoms with Crippen molar-refractivity contribution in [2.24, 2.45) is 0 Å². The summed E-state index contributed by atoms with van der Waals surface area (Å²) in [4.78, 5) is 23.7. The smallest absolute Gasteiger partial charge is 0.321 e. The Balaban J connectivity index is 1.75. The van der Waals surface area contributed by atoms with Gasteiger partial charge >= 0.3 is 5.97 Å². The van der Waals surface area contributed by atoms with Gasteiger partial charge in [0.05, 0.1) is 17.7 Å². The number of piperidine rings is 1. The molecule has 1 aromatic heterocycles. The molecule has 0 spiro atoms. The third kappa shape index (κ3) is 3.03. The van der Waals surface area contributed by atoms with E-state index in [1.807, 2.05) is 0 Å². The fraction of sp³-hybridized carbons (Fsp3) is 0.750. The molecule has 22 heavy (non-hydrogen) atoms. The van der Waals surface area contributed by atoms with Crippen molar-refractivity contribution in [2.45, 2.75) is 57.7 Å². The number of hydrogen-bond acceptors (Lipinski definition) is 4. The molecule has 3 heterocycles. The number of H-pyrrole nitrogens is 1. The van der Waals surface area contributed by atoms with E-state index in [2.05, 4.69) is 33.6 Å². The number of aromatic amines is 1. The molecule has 0 bridgehead atoms. The molecule has 0 radical (unpaired) electrons. The predicted octanol–water partition coefficient (Wildman–Crippen LogP) is 1.49. The number of hydrogen-bond donors (Lipinski definition) is 2. The minimum Gasteiger partial charge on any atom is -0.480 e. The summed E-state index contributed by atoms with van der Waals surface area (Å²) in [5, 5.41) is 9.59. The van der Waals surface area contributed by atoms with Crippen LogP contribution >= 0.6 is 0 Å². The van der Waals surface area contributed by atoms with Crippen molar-refractivity contribution in [2.75, 3.05) is 19.6 Å². The van der Waals surface area contributed by atoms with Crippen molar-refractivity contribution in [1.29, 1.82) is 0 Å². The van der Waals surface area contributed by atoms with E-state index in [1.54, 1.807) is 6.33 Å². The van der Waals surface area contributed by atoms with Gasteiger partial charge in [-0.15, -0.1) is 0 Å². The maximum atomic E-state index is 11.7. The molecule has 1 aromatic rings. The minimum absolute atomic E-state index is 0.00829. The number of rotatable bonds is 4. The van der Waals surface area contributed by atoms with Crippen LogP contribution in [0.25, 0.3) is 0 Å². The standard InChI is InChI=1S/C16H26N4O2/c1-16(2,20-6-4-3-5-7-20)10-19-9-13-12(17-11-18-13)8-14(19)15(21)22/h11,14H,3-10H2,1-2H3,(H,17,18)(H,21,22)/t14-/m0/s1. The van der Waals surface area contributed by atoms with Gasteiger partial charge in [0.15, 0.2) is 0 Å². The Morgan fingerprint density at radius 3 is 2.82 bits per heavy atom. The van der Waals surface area contributed by atoms with Crippen molar-refractivity contribution < 1.29 is 9.90 Å². The second kappa shape index (κ2) is 6.01. The van der Waals surface area contributed by atoms with Gasteiger partial charge in [0.2, 0.25) is 0 Å². The fourth-order valence-electron chi connectivity index (χ4n) is 3.79. The van der Waals surface area contributed by atoms with Gasteiger partial charge in [-0.3, -0.25) is 14.6 Å². The van der Waals surface area contributed by atoms with Crippen LogP contribution < -0.4 is 0 Å². The lowest BCUT2D eigenvalue weighted by Crippen LogP contribution is -2.57. The highest BCUT2D eigenvalue weighted by Crippen LogP contribution is 2.27. The number of nitrogens with zero attached hydrogens (tertiary/aromatic N) is 3. The molecule has 1 fully saturated rings. The van der Waals surface area contributed by atoms with Crippen LogP contribution in [-0.4, -0.2) is 62.1 Å². The number of aromatic nitrogens is 2. The molecule has 1 atom stereocenters. The second-order valence-corrected chi connectivity index (χ2v) is 7.15. The van der Waals surface area contributed by atoms with Gasteiger partial charge < -0.3 is 10.1 Å². The second-order valence-electron chi connectivity index (χ2n) is 7.15. The molecule has 1 saturated heterocycles. The number of nitrogens with one attached hydrogen (secondary N) is 1. The summed E-state index contributed by atoms with van der Waals surface area (Å²) >= 11 is 0. The van der Waals surface area contributed by atoms with Crippen molar-refractivity contribution in [3.63, 3.8) is 0 Å². The van der Waals surface area contributed by atoms with Gasteiger partial charge in [-0.25, -0.2) is 4.98 Å². The van der Waals surface area contributed by atoms with Gasteiger partial charge in [-0.2, -0.15) is 0 Å². The van der Waals surface area contributed by atoms with E-state index in [-0.39, 0.29) is 5.54 Å². The highest BCUT2D eigenvalue weighted by Gasteiger charge is 2.38. The molecule has 2 N–H and O–H groups in total. The molecular formula is C16H26N4O2. The molecule has 0 unspecified atom stereocenters. The van der Waals surface area contributed by atoms with Crippen molar-refractivity contribution in [3.05, 3.63) is 17.7 Å². The average Bonchev–Trinajstić information content (AvgIpc) is 2.94. The number of fused-ring (bicyclic) bond motifs is 1. The van der Waals surface area contributed by atoms with Crippen LogP contribution in [0, 0.1) is 0 Å². The lowest BCUT2D eigenvalue weighted by atomic mass is 9.94. The fourth-order valence-corrected chi connectivity index (χ4v) is 3.79. The summed E-state index contributed by atoms with van der Waals surface area (Å²) in [6.45, 7) is 8.12. The largest absolute Gasteiger partial charge is 0.480 e. The number of aliphatic carboxylic acids is 1. The van der Waals surface area contributed by atoms with Crippen molar-refractivity contribution in [3.8, 4) is 0 Å². The molecule has 6 nitrogen and oxygen atoms in total. The summed E-state index contributed by atoms with van der Waals surface area (Å²) in [6, 6.07) is -0.472. The van der Waals surface area contributed by atoms with Gasteiger partial charge in [0.25, 0.3) is 0 Å². The van der Waals surface area contributed by atoms with E-state index in [0.717, 1.165) is 31.0 Å². The Labute approximate surface area is 131 Å². The Hall–Kier alpha value is -1.40. The van der Waals surface area contributed by atoms with Gasteiger partial charge in [-0.1, -0.05) is 6.42 Å². The lowest BCUT2D eigenvalue weighted by molar-refractivity contribution is -0.144. The summed E-state index contributed by atoms with van der Waals surface area (Å²) < 4.78 is 0. The molecule has 0 saturated carbocycles. The number of carboxylic acid groups (broad SMARTS) is 1. The zero-order valence-corrected chi connectivity index (χ0v) is 13.5. The maximum absolute atomic E-state index is 11.7. The normalized spacial score (nSPS) is 24.2. The topological polar surface area (TPSA) is 72.5 Å². The number of imidazole rings is 1. The van der Waals surface area contributed by atoms with Gasteiger partial charge in [-0.05, 0) is 39.8 Å². The summed E-state index contributed by atoms with van der Waals surface area (Å²) in [5.74, 6) is -0.747. The summed E-state index contributed by atoms with van der Waals surface area (Å²) in [7, 11) is 0. The minimum atomic E-state index is -0.747. The summed E-state index contributed by atoms with van der Waals surface area (Å²) in [6.07, 6.45) is 5.96. The van der Waals surface area contributed by atoms with Crippen LogP contribution in [-0.2, 0) is 17.8 Å². The number of likely N-dealkylation sites (tertiary alicyclic amines) is 1. The van der Waals surface area contributed by atoms with Crippen LogP contribution in [0.2, 0.25) is 0 Å². The monoisotopic (exact) mass is 306 g/mol. The number of carbonyl (C=O) groups is 1. The number of carboxylic acids is 1. The first-order valence-corrected chi connectivity index (χ1v) is 8.20. The molecule has 0 aliphatic carbocycles. The van der Waals surface area contributed by atoms with Gasteiger partial charge in [0.1, 0.15) is 6.04 Å². The van der Waals surface area contributed by atoms with E-state index in [9.17, 15) is 9.90 Å². The van der Waals surface area contributed by atoms with Crippen LogP contribution in [0.3, 0.4) is 0 Å². The zero-order chi connectivity index (χ0) is 15.7. The van der Waals surface area contributed by atoms with E-state index in [0.29, 0.717) is 13.0 Å². The van der Waals surface area contributed by atoms with Crippen LogP contribution in [0.4, 0.5) is 0 Å². The highest BCUT2D eigenvalue weighted by atomic mass is 16.4. The van der Waals surface area contributed by atoms with Crippen LogP contribution in [0.1, 0.15) is 44.5 Å². The molecule has 3 rings (SSSR count). The molecule has 2 aliphatic rings. The van der Waals surface area contributed by atoms with E-state index >= 15 is 0 Å². The highest BCUT2D eigenvalue weighted by molar-refractivity contribution is 5.74. The Kier molecular flexibility index (Phi) is 4.23. The first kappa shape index (κ1) is 15.5. The lowest BCUT2D eigenvalue weighted by Gasteiger charge is -2.45. The van der Waals surface area contributed by atoms with E-state index in [4.69, 9.17) is 0 Å². The first-order chi connectivity index (χ1) is 10.5. The first-order valence-electron chi connectivity index (χ1n) is 8.20. The Bertz CT molecular complexity index is 534. The maximum Gasteiger partial charge on any atom is 0.321 e. The van der Waals surface area contributed by atoms with Crippen LogP contribution in [0.15, 0.2) is 6.33 Å². The third-order valence-electron chi connectivity index (χ3n) is 5.08. The third-order valence-corrected chi connectivity index (χ3v) is 5.08. The average molecular weight is 306 g/mol. The molecule has 0 aromatic carbocycles. The zero-order valence-electron chi connectivity index (χ0n) is 13.5. The van der Waals surface area contributed by atoms with Crippen molar-refractivity contribution in [1.82, 2.24) is 19.8 Å². The molecular weight excluding hydrogens is 280 g/mol. The molecule has 2 aliphatic heterocycles. The Morgan fingerprint density at radius 2 is 2.14 bits per heavy atom. The van der Waals surface area contributed by atoms with Gasteiger partial charge in [0, 0.05) is 25.0 Å². The Morgan fingerprint density at radius 1 is 1.41 bits per heavy atom. The van der Waals surface area contributed by atoms with Crippen molar-refractivity contribution >= 4 is 5.97 Å².